The number of hydrogen-bond donors (Lipinski definition) is 4. The zero-order valence-electron chi connectivity index (χ0n) is 23.5. The Kier molecular flexibility index (Phi) is 6.80. The largest absolute Gasteiger partial charge is 0.330 e. The van der Waals surface area contributed by atoms with E-state index in [0.717, 1.165) is 43.5 Å². The molecule has 0 aromatic carbocycles. The molecule has 0 spiro atoms. The summed E-state index contributed by atoms with van der Waals surface area (Å²) in [7, 11) is -8.81. The third-order valence-electron chi connectivity index (χ3n) is 8.47. The van der Waals surface area contributed by atoms with Crippen LogP contribution in [-0.2, 0) is 0 Å². The Morgan fingerprint density at radius 2 is 0.718 bits per heavy atom. The molecule has 0 fully saturated rings. The van der Waals surface area contributed by atoms with Crippen molar-refractivity contribution in [3.63, 3.8) is 0 Å². The maximum Gasteiger partial charge on any atom is 0.316 e. The van der Waals surface area contributed by atoms with E-state index in [9.17, 15) is 19.2 Å². The molecule has 2 aromatic heterocycles. The summed E-state index contributed by atoms with van der Waals surface area (Å²) >= 11 is 0. The first kappa shape index (κ1) is 29.8. The summed E-state index contributed by atoms with van der Waals surface area (Å²) in [5.41, 5.74) is 3.90. The third kappa shape index (κ3) is 3.95. The van der Waals surface area contributed by atoms with Gasteiger partial charge in [0.2, 0.25) is 22.1 Å². The van der Waals surface area contributed by atoms with E-state index in [2.05, 4.69) is 31.2 Å². The fourth-order valence-corrected chi connectivity index (χ4v) is 15.6. The van der Waals surface area contributed by atoms with Crippen LogP contribution in [0.1, 0.15) is 11.4 Å². The molecule has 0 unspecified atom stereocenters. The topological polar surface area (TPSA) is 142 Å². The SMILES string of the molecule is Cc1nc2c(c3c1[Si](C)(C)C(=O)N3)[Si](C)(C)C(=O)N2.Cc1nc2c(c3c1[Si](C)(C)C(=O)N3)[Si](C)(C)C(=O)N2.[MgH2]. The molecule has 2 aromatic rings. The van der Waals surface area contributed by atoms with E-state index in [0.29, 0.717) is 11.6 Å². The molecule has 6 rings (SSSR count). The highest BCUT2D eigenvalue weighted by molar-refractivity contribution is 7.21. The first-order valence-corrected chi connectivity index (χ1v) is 24.7. The van der Waals surface area contributed by atoms with Crippen molar-refractivity contribution in [2.45, 2.75) is 66.2 Å². The monoisotopic (exact) mass is 608 g/mol. The van der Waals surface area contributed by atoms with Crippen LogP contribution in [0.5, 0.6) is 0 Å². The smallest absolute Gasteiger partial charge is 0.316 e. The zero-order valence-corrected chi connectivity index (χ0v) is 27.5. The summed E-state index contributed by atoms with van der Waals surface area (Å²) in [5, 5.41) is 15.9. The standard InChI is InChI=1S/2C12H17N3O2Si2.Mg.2H/c2*1-6-8-7(14-11(16)18(8,2)3)9-10(13-6)15-12(17)19(9,4)5;;;/h2*1-5H3,(H,14,16)(H,13,15,17);;;. The number of aryl methyl sites for hydroxylation is 2. The van der Waals surface area contributed by atoms with Crippen molar-refractivity contribution in [2.75, 3.05) is 21.3 Å². The number of nitrogens with zero attached hydrogens (tertiary/aromatic N) is 2. The van der Waals surface area contributed by atoms with Crippen LogP contribution < -0.4 is 42.0 Å². The Morgan fingerprint density at radius 3 is 1.03 bits per heavy atom. The van der Waals surface area contributed by atoms with E-state index in [1.807, 2.05) is 66.2 Å². The molecule has 39 heavy (non-hydrogen) atoms. The molecular formula is C24H36MgN6O4Si4. The number of amides is 4. The highest BCUT2D eigenvalue weighted by Gasteiger charge is 2.52. The van der Waals surface area contributed by atoms with E-state index in [1.165, 1.54) is 0 Å². The number of hydrogen-bond acceptors (Lipinski definition) is 6. The number of carbonyl (C=O) groups excluding carboxylic acids is 4. The molecule has 6 heterocycles. The second kappa shape index (κ2) is 8.91. The Balaban J connectivity index is 0.000000176. The molecule has 0 atom stereocenters. The summed E-state index contributed by atoms with van der Waals surface area (Å²) in [4.78, 5) is 57.8. The predicted octanol–water partition coefficient (Wildman–Crippen LogP) is 2.03. The maximum absolute atomic E-state index is 12.2. The van der Waals surface area contributed by atoms with Crippen molar-refractivity contribution in [3.05, 3.63) is 11.4 Å². The molecule has 4 aliphatic rings. The predicted molar refractivity (Wildman–Crippen MR) is 171 cm³/mol. The van der Waals surface area contributed by atoms with E-state index in [-0.39, 0.29) is 45.2 Å². The quantitative estimate of drug-likeness (QED) is 0.337. The Labute approximate surface area is 248 Å². The summed E-state index contributed by atoms with van der Waals surface area (Å²) < 4.78 is 0. The molecule has 10 nitrogen and oxygen atoms in total. The van der Waals surface area contributed by atoms with Gasteiger partial charge in [-0.25, -0.2) is 9.97 Å². The lowest BCUT2D eigenvalue weighted by Crippen LogP contribution is -2.49. The maximum atomic E-state index is 12.2. The van der Waals surface area contributed by atoms with Crippen LogP contribution >= 0.6 is 0 Å². The number of anilines is 4. The van der Waals surface area contributed by atoms with Crippen LogP contribution in [0.15, 0.2) is 0 Å². The van der Waals surface area contributed by atoms with Gasteiger partial charge in [-0.3, -0.25) is 19.2 Å². The molecule has 4 aliphatic heterocycles. The summed E-state index contributed by atoms with van der Waals surface area (Å²) in [6.07, 6.45) is 0. The molecular weight excluding hydrogens is 573 g/mol. The van der Waals surface area contributed by atoms with Gasteiger partial charge in [-0.1, -0.05) is 52.4 Å². The minimum atomic E-state index is -2.24. The van der Waals surface area contributed by atoms with Gasteiger partial charge in [0.25, 0.3) is 0 Å². The van der Waals surface area contributed by atoms with Gasteiger partial charge in [-0.05, 0) is 24.2 Å². The Morgan fingerprint density at radius 1 is 0.462 bits per heavy atom. The van der Waals surface area contributed by atoms with Gasteiger partial charge in [-0.15, -0.1) is 0 Å². The molecule has 15 heteroatoms. The van der Waals surface area contributed by atoms with Gasteiger partial charge in [0.15, 0.2) is 32.3 Å². The fraction of sp³-hybridized carbons (Fsp3) is 0.417. The molecule has 4 amide bonds. The van der Waals surface area contributed by atoms with Gasteiger partial charge in [0.05, 0.1) is 0 Å². The van der Waals surface area contributed by atoms with Gasteiger partial charge in [0, 0.05) is 33.1 Å². The molecule has 204 valence electrons. The number of aromatic nitrogens is 2. The van der Waals surface area contributed by atoms with Gasteiger partial charge < -0.3 is 21.3 Å². The van der Waals surface area contributed by atoms with E-state index in [1.54, 1.807) is 0 Å². The Bertz CT molecular complexity index is 1430. The van der Waals surface area contributed by atoms with Crippen molar-refractivity contribution in [2.24, 2.45) is 0 Å². The van der Waals surface area contributed by atoms with Crippen LogP contribution in [0.4, 0.5) is 42.2 Å². The third-order valence-corrected chi connectivity index (χ3v) is 20.7. The number of pyridine rings is 2. The number of fused-ring (bicyclic) bond motifs is 6. The van der Waals surface area contributed by atoms with E-state index >= 15 is 0 Å². The fourth-order valence-electron chi connectivity index (χ4n) is 6.11. The summed E-state index contributed by atoms with van der Waals surface area (Å²) in [6.45, 7) is 20.0. The highest BCUT2D eigenvalue weighted by Crippen LogP contribution is 2.32. The van der Waals surface area contributed by atoms with Gasteiger partial charge in [0.1, 0.15) is 11.6 Å². The zero-order chi connectivity index (χ0) is 28.3. The lowest BCUT2D eigenvalue weighted by Gasteiger charge is -2.18. The van der Waals surface area contributed by atoms with Crippen LogP contribution in [0.25, 0.3) is 0 Å². The normalized spacial score (nSPS) is 21.2. The number of carbonyl (C=O) groups is 4. The van der Waals surface area contributed by atoms with Crippen LogP contribution in [0.3, 0.4) is 0 Å². The molecule has 0 aliphatic carbocycles. The summed E-state index contributed by atoms with van der Waals surface area (Å²) in [5.74, 6) is 1.31. The number of rotatable bonds is 0. The van der Waals surface area contributed by atoms with Crippen molar-refractivity contribution >= 4 is 121 Å². The van der Waals surface area contributed by atoms with Crippen LogP contribution in [0.2, 0.25) is 52.4 Å². The average Bonchev–Trinajstić information content (AvgIpc) is 3.33. The molecule has 0 radical (unpaired) electrons. The minimum absolute atomic E-state index is 0. The molecule has 0 saturated carbocycles. The molecule has 0 saturated heterocycles. The second-order valence-corrected chi connectivity index (χ2v) is 29.5. The minimum Gasteiger partial charge on any atom is -0.330 e. The molecule has 4 N–H and O–H groups in total. The van der Waals surface area contributed by atoms with E-state index in [4.69, 9.17) is 0 Å². The van der Waals surface area contributed by atoms with Crippen LogP contribution in [-0.4, -0.2) is 87.4 Å². The van der Waals surface area contributed by atoms with Crippen molar-refractivity contribution in [1.29, 1.82) is 0 Å². The lowest BCUT2D eigenvalue weighted by molar-refractivity contribution is 0.267. The highest BCUT2D eigenvalue weighted by atomic mass is 28.3. The average molecular weight is 609 g/mol. The number of nitrogens with one attached hydrogen (secondary N) is 4. The van der Waals surface area contributed by atoms with Crippen molar-refractivity contribution < 1.29 is 19.2 Å². The Hall–Kier alpha value is -2.19. The van der Waals surface area contributed by atoms with Gasteiger partial charge in [-0.2, -0.15) is 0 Å². The van der Waals surface area contributed by atoms with Crippen molar-refractivity contribution in [1.82, 2.24) is 9.97 Å². The first-order valence-electron chi connectivity index (χ1n) is 12.7. The first-order chi connectivity index (χ1) is 17.3. The second-order valence-electron chi connectivity index (χ2n) is 12.7. The van der Waals surface area contributed by atoms with Crippen molar-refractivity contribution in [3.8, 4) is 0 Å². The lowest BCUT2D eigenvalue weighted by atomic mass is 10.3. The van der Waals surface area contributed by atoms with Crippen LogP contribution in [0, 0.1) is 13.8 Å². The molecule has 0 bridgehead atoms. The van der Waals surface area contributed by atoms with Gasteiger partial charge >= 0.3 is 23.1 Å². The summed E-state index contributed by atoms with van der Waals surface area (Å²) in [6, 6.07) is 0. The van der Waals surface area contributed by atoms with E-state index < -0.39 is 32.3 Å².